The van der Waals surface area contributed by atoms with Crippen molar-refractivity contribution in [2.24, 2.45) is 0 Å². The zero-order valence-electron chi connectivity index (χ0n) is 9.49. The SMILES string of the molecule is O=C(O)C(CNC1CCCC1)c1ccc(Br)s1. The molecule has 1 fully saturated rings. The minimum Gasteiger partial charge on any atom is -0.481 e. The molecule has 2 rings (SSSR count). The monoisotopic (exact) mass is 317 g/mol. The predicted octanol–water partition coefficient (Wildman–Crippen LogP) is 3.21. The van der Waals surface area contributed by atoms with Gasteiger partial charge in [0.05, 0.1) is 3.79 Å². The molecule has 1 aliphatic rings. The van der Waals surface area contributed by atoms with Crippen LogP contribution in [0.3, 0.4) is 0 Å². The van der Waals surface area contributed by atoms with Gasteiger partial charge in [-0.2, -0.15) is 0 Å². The highest BCUT2D eigenvalue weighted by atomic mass is 79.9. The summed E-state index contributed by atoms with van der Waals surface area (Å²) in [6, 6.07) is 4.32. The molecule has 94 valence electrons. The fourth-order valence-electron chi connectivity index (χ4n) is 2.24. The summed E-state index contributed by atoms with van der Waals surface area (Å²) in [4.78, 5) is 12.2. The molecule has 2 N–H and O–H groups in total. The molecular weight excluding hydrogens is 302 g/mol. The molecule has 0 saturated heterocycles. The van der Waals surface area contributed by atoms with Crippen LogP contribution in [0.2, 0.25) is 0 Å². The smallest absolute Gasteiger partial charge is 0.313 e. The molecule has 0 bridgehead atoms. The normalized spacial score (nSPS) is 18.4. The lowest BCUT2D eigenvalue weighted by atomic mass is 10.1. The van der Waals surface area contributed by atoms with Crippen LogP contribution in [-0.2, 0) is 4.79 Å². The van der Waals surface area contributed by atoms with E-state index in [1.54, 1.807) is 0 Å². The molecule has 1 aromatic rings. The maximum absolute atomic E-state index is 11.3. The minimum absolute atomic E-state index is 0.424. The third-order valence-corrected chi connectivity index (χ3v) is 4.94. The molecular formula is C12H16BrNO2S. The Morgan fingerprint density at radius 3 is 2.76 bits per heavy atom. The quantitative estimate of drug-likeness (QED) is 0.876. The number of carboxylic acids is 1. The number of carboxylic acid groups (broad SMARTS) is 1. The van der Waals surface area contributed by atoms with E-state index in [9.17, 15) is 9.90 Å². The topological polar surface area (TPSA) is 49.3 Å². The second-order valence-electron chi connectivity index (χ2n) is 4.42. The second kappa shape index (κ2) is 5.98. The van der Waals surface area contributed by atoms with E-state index in [-0.39, 0.29) is 0 Å². The summed E-state index contributed by atoms with van der Waals surface area (Å²) in [5.41, 5.74) is 0. The first kappa shape index (κ1) is 13.1. The fourth-order valence-corrected chi connectivity index (χ4v) is 3.76. The fraction of sp³-hybridized carbons (Fsp3) is 0.583. The predicted molar refractivity (Wildman–Crippen MR) is 72.7 cm³/mol. The van der Waals surface area contributed by atoms with Crippen LogP contribution in [0.5, 0.6) is 0 Å². The zero-order chi connectivity index (χ0) is 12.3. The van der Waals surface area contributed by atoms with Crippen molar-refractivity contribution in [1.82, 2.24) is 5.32 Å². The van der Waals surface area contributed by atoms with E-state index in [2.05, 4.69) is 21.2 Å². The Labute approximate surface area is 113 Å². The van der Waals surface area contributed by atoms with Crippen molar-refractivity contribution in [3.63, 3.8) is 0 Å². The summed E-state index contributed by atoms with van der Waals surface area (Å²) in [7, 11) is 0. The van der Waals surface area contributed by atoms with Gasteiger partial charge < -0.3 is 10.4 Å². The van der Waals surface area contributed by atoms with Crippen LogP contribution < -0.4 is 5.32 Å². The number of rotatable bonds is 5. The Bertz CT molecular complexity index is 388. The van der Waals surface area contributed by atoms with Crippen molar-refractivity contribution in [3.8, 4) is 0 Å². The Morgan fingerprint density at radius 1 is 1.53 bits per heavy atom. The van der Waals surface area contributed by atoms with Gasteiger partial charge in [0.2, 0.25) is 0 Å². The van der Waals surface area contributed by atoms with Crippen LogP contribution in [0.1, 0.15) is 36.5 Å². The highest BCUT2D eigenvalue weighted by Crippen LogP contribution is 2.29. The molecule has 1 aliphatic carbocycles. The summed E-state index contributed by atoms with van der Waals surface area (Å²) < 4.78 is 0.986. The van der Waals surface area contributed by atoms with E-state index in [1.807, 2.05) is 12.1 Å². The number of hydrogen-bond donors (Lipinski definition) is 2. The maximum Gasteiger partial charge on any atom is 0.313 e. The third-order valence-electron chi connectivity index (χ3n) is 3.20. The molecule has 0 aliphatic heterocycles. The minimum atomic E-state index is -0.746. The van der Waals surface area contributed by atoms with Crippen molar-refractivity contribution in [3.05, 3.63) is 20.8 Å². The second-order valence-corrected chi connectivity index (χ2v) is 6.92. The van der Waals surface area contributed by atoms with Crippen molar-refractivity contribution in [1.29, 1.82) is 0 Å². The summed E-state index contributed by atoms with van der Waals surface area (Å²) >= 11 is 4.87. The lowest BCUT2D eigenvalue weighted by Gasteiger charge is -2.16. The number of hydrogen-bond acceptors (Lipinski definition) is 3. The van der Waals surface area contributed by atoms with Gasteiger partial charge in [-0.25, -0.2) is 0 Å². The van der Waals surface area contributed by atoms with Gasteiger partial charge in [-0.05, 0) is 40.9 Å². The number of halogens is 1. The molecule has 1 saturated carbocycles. The summed E-state index contributed by atoms with van der Waals surface area (Å²) in [5, 5.41) is 12.6. The lowest BCUT2D eigenvalue weighted by Crippen LogP contribution is -2.33. The van der Waals surface area contributed by atoms with Crippen LogP contribution >= 0.6 is 27.3 Å². The largest absolute Gasteiger partial charge is 0.481 e. The Balaban J connectivity index is 1.95. The maximum atomic E-state index is 11.3. The molecule has 1 atom stereocenters. The highest BCUT2D eigenvalue weighted by molar-refractivity contribution is 9.11. The molecule has 1 heterocycles. The first-order valence-electron chi connectivity index (χ1n) is 5.88. The van der Waals surface area contributed by atoms with Gasteiger partial charge in [0.25, 0.3) is 0 Å². The zero-order valence-corrected chi connectivity index (χ0v) is 11.9. The van der Waals surface area contributed by atoms with Gasteiger partial charge in [0.1, 0.15) is 5.92 Å². The number of thiophene rings is 1. The average Bonchev–Trinajstić information content (AvgIpc) is 2.90. The Morgan fingerprint density at radius 2 is 2.24 bits per heavy atom. The van der Waals surface area contributed by atoms with Gasteiger partial charge in [0, 0.05) is 17.5 Å². The first-order valence-corrected chi connectivity index (χ1v) is 7.49. The van der Waals surface area contributed by atoms with Crippen molar-refractivity contribution in [2.75, 3.05) is 6.54 Å². The average molecular weight is 318 g/mol. The molecule has 5 heteroatoms. The van der Waals surface area contributed by atoms with Gasteiger partial charge in [-0.1, -0.05) is 12.8 Å². The molecule has 3 nitrogen and oxygen atoms in total. The number of aliphatic carboxylic acids is 1. The van der Waals surface area contributed by atoms with Crippen LogP contribution in [0, 0.1) is 0 Å². The first-order chi connectivity index (χ1) is 8.16. The molecule has 0 spiro atoms. The van der Waals surface area contributed by atoms with E-state index >= 15 is 0 Å². The molecule has 0 radical (unpaired) electrons. The van der Waals surface area contributed by atoms with Gasteiger partial charge in [-0.15, -0.1) is 11.3 Å². The van der Waals surface area contributed by atoms with E-state index < -0.39 is 11.9 Å². The van der Waals surface area contributed by atoms with Crippen LogP contribution in [-0.4, -0.2) is 23.7 Å². The number of nitrogens with one attached hydrogen (secondary N) is 1. The summed E-state index contributed by atoms with van der Waals surface area (Å²) in [6.07, 6.45) is 4.89. The van der Waals surface area contributed by atoms with Crippen molar-refractivity contribution in [2.45, 2.75) is 37.6 Å². The number of carbonyl (C=O) groups is 1. The van der Waals surface area contributed by atoms with Gasteiger partial charge in [-0.3, -0.25) is 4.79 Å². The van der Waals surface area contributed by atoms with E-state index in [0.29, 0.717) is 12.6 Å². The standard InChI is InChI=1S/C12H16BrNO2S/c13-11-6-5-10(17-11)9(12(15)16)7-14-8-3-1-2-4-8/h5-6,8-9,14H,1-4,7H2,(H,15,16). The molecule has 17 heavy (non-hydrogen) atoms. The Kier molecular flexibility index (Phi) is 4.59. The van der Waals surface area contributed by atoms with Crippen molar-refractivity contribution < 1.29 is 9.90 Å². The summed E-state index contributed by atoms with van der Waals surface area (Å²) in [6.45, 7) is 0.535. The van der Waals surface area contributed by atoms with Crippen LogP contribution in [0.25, 0.3) is 0 Å². The van der Waals surface area contributed by atoms with Crippen molar-refractivity contribution >= 4 is 33.2 Å². The lowest BCUT2D eigenvalue weighted by molar-refractivity contribution is -0.138. The van der Waals surface area contributed by atoms with Gasteiger partial charge in [0.15, 0.2) is 0 Å². The van der Waals surface area contributed by atoms with Crippen LogP contribution in [0.4, 0.5) is 0 Å². The summed E-state index contributed by atoms with van der Waals surface area (Å²) in [5.74, 6) is -1.17. The van der Waals surface area contributed by atoms with Gasteiger partial charge >= 0.3 is 5.97 Å². The highest BCUT2D eigenvalue weighted by Gasteiger charge is 2.23. The molecule has 0 aromatic carbocycles. The van der Waals surface area contributed by atoms with E-state index in [4.69, 9.17) is 0 Å². The molecule has 1 aromatic heterocycles. The van der Waals surface area contributed by atoms with Crippen LogP contribution in [0.15, 0.2) is 15.9 Å². The molecule has 0 amide bonds. The Hall–Kier alpha value is -0.390. The van der Waals surface area contributed by atoms with E-state index in [1.165, 1.54) is 37.0 Å². The molecule has 1 unspecified atom stereocenters. The van der Waals surface area contributed by atoms with E-state index in [0.717, 1.165) is 8.66 Å². The third kappa shape index (κ3) is 3.53.